The third-order valence-electron chi connectivity index (χ3n) is 3.08. The fraction of sp³-hybridized carbons (Fsp3) is 0.231. The van der Waals surface area contributed by atoms with Crippen molar-refractivity contribution in [2.45, 2.75) is 19.3 Å². The zero-order valence-electron chi connectivity index (χ0n) is 10.4. The molecule has 8 heteroatoms. The number of benzene rings is 1. The maximum Gasteiger partial charge on any atom is 0.433 e. The fourth-order valence-corrected chi connectivity index (χ4v) is 2.74. The van der Waals surface area contributed by atoms with Gasteiger partial charge >= 0.3 is 6.18 Å². The van der Waals surface area contributed by atoms with Gasteiger partial charge in [-0.05, 0) is 18.2 Å². The molecule has 1 aromatic heterocycles. The van der Waals surface area contributed by atoms with Gasteiger partial charge in [0.05, 0.1) is 5.69 Å². The highest BCUT2D eigenvalue weighted by atomic mass is 35.5. The van der Waals surface area contributed by atoms with Gasteiger partial charge in [0.1, 0.15) is 0 Å². The lowest BCUT2D eigenvalue weighted by atomic mass is 10.1. The Morgan fingerprint density at radius 1 is 1.00 bits per heavy atom. The molecule has 0 radical (unpaired) electrons. The molecule has 1 aromatic carbocycles. The first-order chi connectivity index (χ1) is 9.84. The van der Waals surface area contributed by atoms with E-state index in [0.717, 1.165) is 0 Å². The molecule has 2 heterocycles. The number of nitrogens with one attached hydrogen (secondary N) is 1. The standard InChI is InChI=1S/C13H8Cl2F3N3/c14-7-1-6(2-8(15)3-7)12-20-10-5-19-4-9(10)11(21-12)13(16,17)18/h1-3,19H,4-5H2. The Morgan fingerprint density at radius 3 is 2.29 bits per heavy atom. The van der Waals surface area contributed by atoms with Crippen LogP contribution in [0.4, 0.5) is 13.2 Å². The molecule has 110 valence electrons. The summed E-state index contributed by atoms with van der Waals surface area (Å²) in [4.78, 5) is 7.86. The van der Waals surface area contributed by atoms with Crippen LogP contribution in [0.3, 0.4) is 0 Å². The van der Waals surface area contributed by atoms with Crippen molar-refractivity contribution in [1.29, 1.82) is 0 Å². The summed E-state index contributed by atoms with van der Waals surface area (Å²) in [5.41, 5.74) is -0.112. The van der Waals surface area contributed by atoms with Crippen LogP contribution in [0.1, 0.15) is 17.0 Å². The second-order valence-corrected chi connectivity index (χ2v) is 5.45. The second-order valence-electron chi connectivity index (χ2n) is 4.58. The van der Waals surface area contributed by atoms with E-state index in [1.54, 1.807) is 0 Å². The quantitative estimate of drug-likeness (QED) is 0.854. The summed E-state index contributed by atoms with van der Waals surface area (Å²) in [6.07, 6.45) is -4.53. The van der Waals surface area contributed by atoms with E-state index in [0.29, 0.717) is 21.3 Å². The van der Waals surface area contributed by atoms with Crippen molar-refractivity contribution < 1.29 is 13.2 Å². The van der Waals surface area contributed by atoms with E-state index < -0.39 is 11.9 Å². The van der Waals surface area contributed by atoms with Crippen LogP contribution in [0.25, 0.3) is 11.4 Å². The van der Waals surface area contributed by atoms with Crippen LogP contribution in [0.15, 0.2) is 18.2 Å². The molecule has 0 spiro atoms. The number of nitrogens with zero attached hydrogens (tertiary/aromatic N) is 2. The van der Waals surface area contributed by atoms with Crippen LogP contribution >= 0.6 is 23.2 Å². The van der Waals surface area contributed by atoms with E-state index in [4.69, 9.17) is 23.2 Å². The lowest BCUT2D eigenvalue weighted by molar-refractivity contribution is -0.141. The highest BCUT2D eigenvalue weighted by Gasteiger charge is 2.38. The Balaban J connectivity index is 2.20. The number of fused-ring (bicyclic) bond motifs is 1. The first-order valence-electron chi connectivity index (χ1n) is 5.99. The largest absolute Gasteiger partial charge is 0.433 e. The lowest BCUT2D eigenvalue weighted by Gasteiger charge is -2.12. The van der Waals surface area contributed by atoms with Crippen LogP contribution < -0.4 is 5.32 Å². The number of alkyl halides is 3. The molecule has 0 aliphatic carbocycles. The van der Waals surface area contributed by atoms with Crippen molar-refractivity contribution in [1.82, 2.24) is 15.3 Å². The van der Waals surface area contributed by atoms with E-state index in [9.17, 15) is 13.2 Å². The molecular weight excluding hydrogens is 326 g/mol. The number of halogens is 5. The molecule has 21 heavy (non-hydrogen) atoms. The monoisotopic (exact) mass is 333 g/mol. The summed E-state index contributed by atoms with van der Waals surface area (Å²) < 4.78 is 39.4. The van der Waals surface area contributed by atoms with Gasteiger partial charge in [0.2, 0.25) is 0 Å². The van der Waals surface area contributed by atoms with Crippen molar-refractivity contribution in [3.05, 3.63) is 45.2 Å². The average molecular weight is 334 g/mol. The van der Waals surface area contributed by atoms with E-state index >= 15 is 0 Å². The molecule has 1 aliphatic rings. The van der Waals surface area contributed by atoms with Crippen molar-refractivity contribution in [2.24, 2.45) is 0 Å². The topological polar surface area (TPSA) is 37.8 Å². The van der Waals surface area contributed by atoms with E-state index in [1.165, 1.54) is 18.2 Å². The van der Waals surface area contributed by atoms with Gasteiger partial charge in [-0.25, -0.2) is 9.97 Å². The molecule has 3 rings (SSSR count). The second kappa shape index (κ2) is 5.12. The van der Waals surface area contributed by atoms with E-state index in [1.807, 2.05) is 0 Å². The van der Waals surface area contributed by atoms with Crippen LogP contribution in [0, 0.1) is 0 Å². The molecule has 0 saturated carbocycles. The van der Waals surface area contributed by atoms with E-state index in [2.05, 4.69) is 15.3 Å². The Morgan fingerprint density at radius 2 is 1.67 bits per heavy atom. The van der Waals surface area contributed by atoms with Gasteiger partial charge in [-0.2, -0.15) is 13.2 Å². The van der Waals surface area contributed by atoms with Crippen molar-refractivity contribution in [3.8, 4) is 11.4 Å². The Hall–Kier alpha value is -1.37. The molecule has 0 fully saturated rings. The SMILES string of the molecule is FC(F)(F)c1nc(-c2cc(Cl)cc(Cl)c2)nc2c1CNC2. The van der Waals surface area contributed by atoms with Gasteiger partial charge in [0, 0.05) is 34.3 Å². The fourth-order valence-electron chi connectivity index (χ4n) is 2.21. The molecule has 0 atom stereocenters. The molecule has 0 amide bonds. The minimum absolute atomic E-state index is 0.0332. The smallest absolute Gasteiger partial charge is 0.307 e. The van der Waals surface area contributed by atoms with Crippen molar-refractivity contribution >= 4 is 23.2 Å². The Labute approximate surface area is 128 Å². The van der Waals surface area contributed by atoms with Gasteiger partial charge in [0.25, 0.3) is 0 Å². The predicted octanol–water partition coefficient (Wildman–Crippen LogP) is 4.07. The third kappa shape index (κ3) is 2.84. The lowest BCUT2D eigenvalue weighted by Crippen LogP contribution is -2.14. The van der Waals surface area contributed by atoms with Crippen LogP contribution in [-0.4, -0.2) is 9.97 Å². The van der Waals surface area contributed by atoms with Crippen LogP contribution in [-0.2, 0) is 19.3 Å². The van der Waals surface area contributed by atoms with Gasteiger partial charge in [0.15, 0.2) is 11.5 Å². The number of rotatable bonds is 1. The summed E-state index contributed by atoms with van der Waals surface area (Å²) in [6, 6.07) is 4.46. The highest BCUT2D eigenvalue weighted by molar-refractivity contribution is 6.35. The zero-order valence-corrected chi connectivity index (χ0v) is 11.9. The van der Waals surface area contributed by atoms with E-state index in [-0.39, 0.29) is 24.5 Å². The van der Waals surface area contributed by atoms with Gasteiger partial charge in [-0.15, -0.1) is 0 Å². The molecule has 0 bridgehead atoms. The number of aromatic nitrogens is 2. The Bertz CT molecular complexity index is 696. The molecule has 2 aromatic rings. The normalized spacial score (nSPS) is 14.3. The molecular formula is C13H8Cl2F3N3. The first-order valence-corrected chi connectivity index (χ1v) is 6.74. The Kier molecular flexibility index (Phi) is 3.55. The maximum atomic E-state index is 13.1. The highest BCUT2D eigenvalue weighted by Crippen LogP contribution is 2.35. The molecule has 1 N–H and O–H groups in total. The summed E-state index contributed by atoms with van der Waals surface area (Å²) in [7, 11) is 0. The first kappa shape index (κ1) is 14.6. The summed E-state index contributed by atoms with van der Waals surface area (Å²) in [5, 5.41) is 3.47. The van der Waals surface area contributed by atoms with Crippen molar-refractivity contribution in [2.75, 3.05) is 0 Å². The van der Waals surface area contributed by atoms with Crippen LogP contribution in [0.5, 0.6) is 0 Å². The minimum atomic E-state index is -4.53. The van der Waals surface area contributed by atoms with Crippen LogP contribution in [0.2, 0.25) is 10.0 Å². The zero-order chi connectivity index (χ0) is 15.2. The molecule has 0 saturated heterocycles. The van der Waals surface area contributed by atoms with Gasteiger partial charge in [-0.3, -0.25) is 0 Å². The summed E-state index contributed by atoms with van der Waals surface area (Å²) >= 11 is 11.7. The van der Waals surface area contributed by atoms with Crippen molar-refractivity contribution in [3.63, 3.8) is 0 Å². The maximum absolute atomic E-state index is 13.1. The summed E-state index contributed by atoms with van der Waals surface area (Å²) in [6.45, 7) is 0.392. The molecule has 0 unspecified atom stereocenters. The summed E-state index contributed by atoms with van der Waals surface area (Å²) in [5.74, 6) is -0.0332. The third-order valence-corrected chi connectivity index (χ3v) is 3.51. The molecule has 1 aliphatic heterocycles. The van der Waals surface area contributed by atoms with Gasteiger partial charge in [-0.1, -0.05) is 23.2 Å². The average Bonchev–Trinajstić information content (AvgIpc) is 2.82. The number of hydrogen-bond donors (Lipinski definition) is 1. The molecule has 3 nitrogen and oxygen atoms in total. The van der Waals surface area contributed by atoms with Gasteiger partial charge < -0.3 is 5.32 Å². The number of hydrogen-bond acceptors (Lipinski definition) is 3. The minimum Gasteiger partial charge on any atom is -0.307 e. The predicted molar refractivity (Wildman–Crippen MR) is 73.0 cm³/mol.